The highest BCUT2D eigenvalue weighted by atomic mass is 19.3. The van der Waals surface area contributed by atoms with Crippen LogP contribution in [0, 0.1) is 0 Å². The van der Waals surface area contributed by atoms with Crippen molar-refractivity contribution in [2.24, 2.45) is 0 Å². The number of rotatable bonds is 3. The molecule has 0 aliphatic rings. The van der Waals surface area contributed by atoms with Gasteiger partial charge in [-0.05, 0) is 12.0 Å². The predicted molar refractivity (Wildman–Crippen MR) is 75.2 cm³/mol. The van der Waals surface area contributed by atoms with Crippen molar-refractivity contribution in [2.75, 3.05) is 11.5 Å². The van der Waals surface area contributed by atoms with Gasteiger partial charge in [0.1, 0.15) is 5.82 Å². The number of halogens is 2. The Hall–Kier alpha value is -2.24. The Morgan fingerprint density at radius 1 is 1.10 bits per heavy atom. The minimum Gasteiger partial charge on any atom is -0.383 e. The van der Waals surface area contributed by atoms with Gasteiger partial charge in [-0.1, -0.05) is 31.2 Å². The Balaban J connectivity index is 2.52. The fourth-order valence-corrected chi connectivity index (χ4v) is 2.05. The summed E-state index contributed by atoms with van der Waals surface area (Å²) in [6.45, 7) is 2.78. The maximum atomic E-state index is 13.2. The van der Waals surface area contributed by atoms with E-state index < -0.39 is 5.92 Å². The topological polar surface area (TPSA) is 77.8 Å². The molecule has 0 atom stereocenters. The van der Waals surface area contributed by atoms with Gasteiger partial charge in [-0.3, -0.25) is 0 Å². The Morgan fingerprint density at radius 3 is 2.20 bits per heavy atom. The summed E-state index contributed by atoms with van der Waals surface area (Å²) in [6.07, 6.45) is 0.623. The van der Waals surface area contributed by atoms with E-state index in [0.717, 1.165) is 6.92 Å². The summed E-state index contributed by atoms with van der Waals surface area (Å²) in [5.41, 5.74) is 13.4. The van der Waals surface area contributed by atoms with Crippen LogP contribution in [0.2, 0.25) is 0 Å². The van der Waals surface area contributed by atoms with Crippen LogP contribution >= 0.6 is 0 Å². The summed E-state index contributed by atoms with van der Waals surface area (Å²) < 4.78 is 26.4. The Labute approximate surface area is 115 Å². The number of nitrogens with zero attached hydrogens (tertiary/aromatic N) is 2. The van der Waals surface area contributed by atoms with Crippen LogP contribution in [0.1, 0.15) is 25.1 Å². The molecule has 4 nitrogen and oxygen atoms in total. The summed E-state index contributed by atoms with van der Waals surface area (Å²) >= 11 is 0. The molecule has 0 spiro atoms. The van der Waals surface area contributed by atoms with Crippen LogP contribution in [-0.4, -0.2) is 9.97 Å². The van der Waals surface area contributed by atoms with E-state index in [0.29, 0.717) is 23.2 Å². The first-order valence-electron chi connectivity index (χ1n) is 6.23. The number of anilines is 2. The fourth-order valence-electron chi connectivity index (χ4n) is 2.05. The van der Waals surface area contributed by atoms with Crippen LogP contribution in [0.4, 0.5) is 20.5 Å². The summed E-state index contributed by atoms with van der Waals surface area (Å²) in [5.74, 6) is -2.50. The van der Waals surface area contributed by atoms with Crippen LogP contribution in [0.25, 0.3) is 11.1 Å². The average Bonchev–Trinajstić information content (AvgIpc) is 2.37. The van der Waals surface area contributed by atoms with Gasteiger partial charge in [0.25, 0.3) is 5.92 Å². The predicted octanol–water partition coefficient (Wildman–Crippen LogP) is 2.98. The number of hydrogen-bond acceptors (Lipinski definition) is 4. The maximum absolute atomic E-state index is 13.2. The van der Waals surface area contributed by atoms with E-state index in [1.54, 1.807) is 12.1 Å². The van der Waals surface area contributed by atoms with Crippen LogP contribution in [-0.2, 0) is 12.3 Å². The number of nitrogens with two attached hydrogens (primary N) is 2. The molecule has 6 heteroatoms. The molecule has 0 amide bonds. The van der Waals surface area contributed by atoms with Crippen molar-refractivity contribution in [1.82, 2.24) is 9.97 Å². The second kappa shape index (κ2) is 5.03. The second-order valence-corrected chi connectivity index (χ2v) is 4.61. The Morgan fingerprint density at radius 2 is 1.70 bits per heavy atom. The SMILES string of the molecule is CCc1nc(N)nc(N)c1-c1ccc(C(C)(F)F)cc1. The quantitative estimate of drug-likeness (QED) is 0.904. The number of nitrogen functional groups attached to an aromatic ring is 2. The first-order valence-corrected chi connectivity index (χ1v) is 6.23. The molecule has 0 radical (unpaired) electrons. The third kappa shape index (κ3) is 2.68. The van der Waals surface area contributed by atoms with Gasteiger partial charge in [0, 0.05) is 18.1 Å². The van der Waals surface area contributed by atoms with Gasteiger partial charge in [-0.15, -0.1) is 0 Å². The Kier molecular flexibility index (Phi) is 3.57. The van der Waals surface area contributed by atoms with E-state index >= 15 is 0 Å². The van der Waals surface area contributed by atoms with Gasteiger partial charge < -0.3 is 11.5 Å². The van der Waals surface area contributed by atoms with E-state index in [2.05, 4.69) is 9.97 Å². The van der Waals surface area contributed by atoms with Crippen molar-refractivity contribution in [1.29, 1.82) is 0 Å². The van der Waals surface area contributed by atoms with Crippen molar-refractivity contribution in [3.05, 3.63) is 35.5 Å². The minimum atomic E-state index is -2.87. The monoisotopic (exact) mass is 278 g/mol. The molecule has 0 bridgehead atoms. The zero-order valence-electron chi connectivity index (χ0n) is 11.3. The Bertz CT molecular complexity index is 618. The van der Waals surface area contributed by atoms with Crippen LogP contribution in [0.15, 0.2) is 24.3 Å². The van der Waals surface area contributed by atoms with Crippen molar-refractivity contribution < 1.29 is 8.78 Å². The largest absolute Gasteiger partial charge is 0.383 e. The molecule has 4 N–H and O–H groups in total. The molecular formula is C14H16F2N4. The maximum Gasteiger partial charge on any atom is 0.270 e. The van der Waals surface area contributed by atoms with Crippen LogP contribution in [0.5, 0.6) is 0 Å². The number of aryl methyl sites for hydroxylation is 1. The lowest BCUT2D eigenvalue weighted by Crippen LogP contribution is -2.08. The van der Waals surface area contributed by atoms with E-state index in [-0.39, 0.29) is 17.3 Å². The number of hydrogen-bond donors (Lipinski definition) is 2. The molecule has 1 aromatic carbocycles. The number of alkyl halides is 2. The lowest BCUT2D eigenvalue weighted by Gasteiger charge is -2.13. The molecule has 2 aromatic rings. The van der Waals surface area contributed by atoms with Crippen molar-refractivity contribution >= 4 is 11.8 Å². The van der Waals surface area contributed by atoms with Gasteiger partial charge in [-0.25, -0.2) is 13.8 Å². The number of benzene rings is 1. The zero-order valence-corrected chi connectivity index (χ0v) is 11.3. The minimum absolute atomic E-state index is 0.0470. The second-order valence-electron chi connectivity index (χ2n) is 4.61. The fraction of sp³-hybridized carbons (Fsp3) is 0.286. The summed E-state index contributed by atoms with van der Waals surface area (Å²) in [7, 11) is 0. The number of aromatic nitrogens is 2. The zero-order chi connectivity index (χ0) is 14.9. The molecule has 2 rings (SSSR count). The van der Waals surface area contributed by atoms with Crippen LogP contribution < -0.4 is 11.5 Å². The summed E-state index contributed by atoms with van der Waals surface area (Å²) in [4.78, 5) is 8.06. The van der Waals surface area contributed by atoms with Crippen LogP contribution in [0.3, 0.4) is 0 Å². The van der Waals surface area contributed by atoms with E-state index in [9.17, 15) is 8.78 Å². The van der Waals surface area contributed by atoms with Crippen molar-refractivity contribution in [2.45, 2.75) is 26.2 Å². The molecule has 0 aliphatic heterocycles. The third-order valence-corrected chi connectivity index (χ3v) is 3.04. The molecule has 1 heterocycles. The van der Waals surface area contributed by atoms with E-state index in [1.165, 1.54) is 12.1 Å². The van der Waals surface area contributed by atoms with Gasteiger partial charge in [0.05, 0.1) is 5.69 Å². The molecule has 0 unspecified atom stereocenters. The highest BCUT2D eigenvalue weighted by molar-refractivity contribution is 5.76. The first-order chi connectivity index (χ1) is 9.32. The van der Waals surface area contributed by atoms with Crippen molar-refractivity contribution in [3.8, 4) is 11.1 Å². The van der Waals surface area contributed by atoms with Gasteiger partial charge >= 0.3 is 0 Å². The summed E-state index contributed by atoms with van der Waals surface area (Å²) in [5, 5.41) is 0. The molecular weight excluding hydrogens is 262 g/mol. The van der Waals surface area contributed by atoms with E-state index in [1.807, 2.05) is 6.92 Å². The van der Waals surface area contributed by atoms with Gasteiger partial charge in [0.2, 0.25) is 5.95 Å². The molecule has 106 valence electrons. The smallest absolute Gasteiger partial charge is 0.270 e. The van der Waals surface area contributed by atoms with Gasteiger partial charge in [-0.2, -0.15) is 4.98 Å². The third-order valence-electron chi connectivity index (χ3n) is 3.04. The molecule has 20 heavy (non-hydrogen) atoms. The highest BCUT2D eigenvalue weighted by Crippen LogP contribution is 2.32. The molecule has 0 saturated heterocycles. The molecule has 1 aromatic heterocycles. The average molecular weight is 278 g/mol. The summed E-state index contributed by atoms with van der Waals surface area (Å²) in [6, 6.07) is 5.95. The first kappa shape index (κ1) is 14.2. The highest BCUT2D eigenvalue weighted by Gasteiger charge is 2.24. The molecule has 0 fully saturated rings. The standard InChI is InChI=1S/C14H16F2N4/c1-3-10-11(12(17)20-13(18)19-10)8-4-6-9(7-5-8)14(2,15)16/h4-7H,3H2,1-2H3,(H4,17,18,19,20). The van der Waals surface area contributed by atoms with Crippen molar-refractivity contribution in [3.63, 3.8) is 0 Å². The van der Waals surface area contributed by atoms with Gasteiger partial charge in [0.15, 0.2) is 0 Å². The molecule has 0 aliphatic carbocycles. The normalized spacial score (nSPS) is 11.6. The lowest BCUT2D eigenvalue weighted by atomic mass is 10.00. The lowest BCUT2D eigenvalue weighted by molar-refractivity contribution is 0.0175. The molecule has 0 saturated carbocycles. The van der Waals surface area contributed by atoms with E-state index in [4.69, 9.17) is 11.5 Å².